The normalized spacial score (nSPS) is 15.0. The van der Waals surface area contributed by atoms with Gasteiger partial charge in [0.15, 0.2) is 5.76 Å². The van der Waals surface area contributed by atoms with Crippen LogP contribution < -0.4 is 4.74 Å². The molecule has 8 heteroatoms. The van der Waals surface area contributed by atoms with Gasteiger partial charge in [-0.2, -0.15) is 0 Å². The maximum Gasteiger partial charge on any atom is 0.228 e. The molecular formula is C20H22N4O4. The molecule has 0 spiro atoms. The fraction of sp³-hybridized carbons (Fsp3) is 0.400. The van der Waals surface area contributed by atoms with Gasteiger partial charge in [-0.15, -0.1) is 10.2 Å². The third-order valence-electron chi connectivity index (χ3n) is 4.98. The van der Waals surface area contributed by atoms with Crippen molar-refractivity contribution < 1.29 is 18.5 Å². The van der Waals surface area contributed by atoms with Crippen molar-refractivity contribution in [3.8, 4) is 17.1 Å². The van der Waals surface area contributed by atoms with Gasteiger partial charge in [0.2, 0.25) is 17.7 Å². The highest BCUT2D eigenvalue weighted by Gasteiger charge is 2.27. The molecule has 2 aromatic heterocycles. The smallest absolute Gasteiger partial charge is 0.228 e. The van der Waals surface area contributed by atoms with Gasteiger partial charge < -0.3 is 18.6 Å². The van der Waals surface area contributed by atoms with E-state index in [0.29, 0.717) is 36.3 Å². The molecule has 1 saturated heterocycles. The van der Waals surface area contributed by atoms with Crippen molar-refractivity contribution >= 4 is 5.91 Å². The molecule has 0 bridgehead atoms. The number of methoxy groups -OCH3 is 1. The average molecular weight is 382 g/mol. The Morgan fingerprint density at radius 2 is 2.07 bits per heavy atom. The minimum absolute atomic E-state index is 0.0469. The van der Waals surface area contributed by atoms with Crippen LogP contribution in [0.1, 0.15) is 36.2 Å². The molecule has 3 heterocycles. The topological polar surface area (TPSA) is 94.5 Å². The first-order chi connectivity index (χ1) is 13.6. The highest BCUT2D eigenvalue weighted by atomic mass is 16.5. The Hall–Kier alpha value is -3.16. The zero-order valence-corrected chi connectivity index (χ0v) is 15.9. The minimum atomic E-state index is 0.0469. The van der Waals surface area contributed by atoms with Gasteiger partial charge in [0.25, 0.3) is 0 Å². The van der Waals surface area contributed by atoms with E-state index in [0.717, 1.165) is 24.2 Å². The fourth-order valence-corrected chi connectivity index (χ4v) is 3.43. The van der Waals surface area contributed by atoms with Crippen LogP contribution in [0, 0.1) is 6.92 Å². The summed E-state index contributed by atoms with van der Waals surface area (Å²) in [6.45, 7) is 3.13. The number of likely N-dealkylation sites (tertiary alicyclic amines) is 1. The predicted octanol–water partition coefficient (Wildman–Crippen LogP) is 2.99. The van der Waals surface area contributed by atoms with Crippen LogP contribution in [0.5, 0.6) is 5.75 Å². The number of amides is 1. The van der Waals surface area contributed by atoms with Crippen molar-refractivity contribution in [2.24, 2.45) is 0 Å². The van der Waals surface area contributed by atoms with E-state index in [-0.39, 0.29) is 18.2 Å². The number of ether oxygens (including phenoxy) is 1. The van der Waals surface area contributed by atoms with E-state index in [2.05, 4.69) is 15.4 Å². The van der Waals surface area contributed by atoms with Gasteiger partial charge in [-0.1, -0.05) is 17.3 Å². The summed E-state index contributed by atoms with van der Waals surface area (Å²) in [5.41, 5.74) is 1.48. The predicted molar refractivity (Wildman–Crippen MR) is 99.8 cm³/mol. The first-order valence-corrected chi connectivity index (χ1v) is 9.30. The Balaban J connectivity index is 1.35. The zero-order chi connectivity index (χ0) is 19.5. The molecule has 1 amide bonds. The number of aryl methyl sites for hydroxylation is 1. The molecule has 0 aliphatic carbocycles. The van der Waals surface area contributed by atoms with Crippen LogP contribution in [0.4, 0.5) is 0 Å². The number of aromatic nitrogens is 3. The second-order valence-electron chi connectivity index (χ2n) is 6.91. The lowest BCUT2D eigenvalue weighted by atomic mass is 9.96. The maximum atomic E-state index is 12.6. The van der Waals surface area contributed by atoms with Crippen molar-refractivity contribution in [3.63, 3.8) is 0 Å². The Morgan fingerprint density at radius 3 is 2.79 bits per heavy atom. The van der Waals surface area contributed by atoms with Gasteiger partial charge in [-0.3, -0.25) is 4.79 Å². The van der Waals surface area contributed by atoms with Crippen LogP contribution >= 0.6 is 0 Å². The molecule has 0 saturated carbocycles. The molecule has 8 nitrogen and oxygen atoms in total. The zero-order valence-electron chi connectivity index (χ0n) is 15.9. The van der Waals surface area contributed by atoms with E-state index in [1.807, 2.05) is 29.2 Å². The van der Waals surface area contributed by atoms with Crippen LogP contribution in [-0.2, 0) is 11.2 Å². The maximum absolute atomic E-state index is 12.6. The number of carbonyl (C=O) groups excluding carboxylic acids is 1. The molecule has 1 aliphatic heterocycles. The third kappa shape index (κ3) is 3.90. The molecule has 0 atom stereocenters. The van der Waals surface area contributed by atoms with Crippen LogP contribution in [-0.4, -0.2) is 46.4 Å². The molecular weight excluding hydrogens is 360 g/mol. The van der Waals surface area contributed by atoms with Crippen molar-refractivity contribution in [1.82, 2.24) is 20.3 Å². The highest BCUT2D eigenvalue weighted by Crippen LogP contribution is 2.28. The summed E-state index contributed by atoms with van der Waals surface area (Å²) in [6.07, 6.45) is 1.86. The summed E-state index contributed by atoms with van der Waals surface area (Å²) in [6, 6.07) is 9.34. The SMILES string of the molecule is COc1cccc(-c2cc(CC(=O)N3CCC(c4nnc(C)o4)CC3)no2)c1. The van der Waals surface area contributed by atoms with Crippen LogP contribution in [0.25, 0.3) is 11.3 Å². The lowest BCUT2D eigenvalue weighted by Crippen LogP contribution is -2.38. The molecule has 0 N–H and O–H groups in total. The first kappa shape index (κ1) is 18.2. The van der Waals surface area contributed by atoms with Crippen LogP contribution in [0.3, 0.4) is 0 Å². The van der Waals surface area contributed by atoms with Crippen molar-refractivity contribution in [2.75, 3.05) is 20.2 Å². The van der Waals surface area contributed by atoms with Crippen LogP contribution in [0.15, 0.2) is 39.3 Å². The van der Waals surface area contributed by atoms with E-state index in [9.17, 15) is 4.79 Å². The van der Waals surface area contributed by atoms with E-state index >= 15 is 0 Å². The molecule has 1 aliphatic rings. The number of hydrogen-bond acceptors (Lipinski definition) is 7. The lowest BCUT2D eigenvalue weighted by Gasteiger charge is -2.30. The summed E-state index contributed by atoms with van der Waals surface area (Å²) in [5.74, 6) is 2.87. The van der Waals surface area contributed by atoms with E-state index in [4.69, 9.17) is 13.7 Å². The molecule has 1 fully saturated rings. The summed E-state index contributed by atoms with van der Waals surface area (Å²) >= 11 is 0. The average Bonchev–Trinajstić information content (AvgIpc) is 3.37. The number of carbonyl (C=O) groups is 1. The van der Waals surface area contributed by atoms with Crippen molar-refractivity contribution in [1.29, 1.82) is 0 Å². The molecule has 1 aromatic carbocycles. The molecule has 28 heavy (non-hydrogen) atoms. The quantitative estimate of drug-likeness (QED) is 0.669. The Morgan fingerprint density at radius 1 is 1.25 bits per heavy atom. The lowest BCUT2D eigenvalue weighted by molar-refractivity contribution is -0.131. The Kier molecular flexibility index (Phi) is 5.10. The second-order valence-corrected chi connectivity index (χ2v) is 6.91. The van der Waals surface area contributed by atoms with Gasteiger partial charge in [-0.05, 0) is 25.0 Å². The van der Waals surface area contributed by atoms with Gasteiger partial charge in [0.05, 0.1) is 19.2 Å². The largest absolute Gasteiger partial charge is 0.497 e. The fourth-order valence-electron chi connectivity index (χ4n) is 3.43. The van der Waals surface area contributed by atoms with Gasteiger partial charge in [0, 0.05) is 37.6 Å². The summed E-state index contributed by atoms with van der Waals surface area (Å²) in [4.78, 5) is 14.5. The van der Waals surface area contributed by atoms with Gasteiger partial charge in [-0.25, -0.2) is 0 Å². The first-order valence-electron chi connectivity index (χ1n) is 9.30. The minimum Gasteiger partial charge on any atom is -0.497 e. The van der Waals surface area contributed by atoms with Crippen LogP contribution in [0.2, 0.25) is 0 Å². The standard InChI is InChI=1S/C20H22N4O4/c1-13-21-22-20(27-13)14-6-8-24(9-7-14)19(25)12-16-11-18(28-23-16)15-4-3-5-17(10-15)26-2/h3-5,10-11,14H,6-9,12H2,1-2H3. The Labute approximate surface area is 162 Å². The highest BCUT2D eigenvalue weighted by molar-refractivity contribution is 5.78. The number of piperidine rings is 1. The van der Waals surface area contributed by atoms with Crippen molar-refractivity contribution in [2.45, 2.75) is 32.1 Å². The molecule has 4 rings (SSSR count). The summed E-state index contributed by atoms with van der Waals surface area (Å²) in [7, 11) is 1.62. The van der Waals surface area contributed by atoms with Gasteiger partial charge >= 0.3 is 0 Å². The monoisotopic (exact) mass is 382 g/mol. The number of hydrogen-bond donors (Lipinski definition) is 0. The number of benzene rings is 1. The van der Waals surface area contributed by atoms with E-state index in [1.54, 1.807) is 20.1 Å². The number of rotatable bonds is 5. The Bertz CT molecular complexity index is 957. The van der Waals surface area contributed by atoms with Gasteiger partial charge in [0.1, 0.15) is 5.75 Å². The summed E-state index contributed by atoms with van der Waals surface area (Å²) in [5, 5.41) is 12.0. The molecule has 146 valence electrons. The molecule has 0 radical (unpaired) electrons. The van der Waals surface area contributed by atoms with E-state index < -0.39 is 0 Å². The van der Waals surface area contributed by atoms with Crippen molar-refractivity contribution in [3.05, 3.63) is 47.8 Å². The third-order valence-corrected chi connectivity index (χ3v) is 4.98. The second kappa shape index (κ2) is 7.84. The molecule has 0 unspecified atom stereocenters. The molecule has 3 aromatic rings. The summed E-state index contributed by atoms with van der Waals surface area (Å²) < 4.78 is 16.2. The van der Waals surface area contributed by atoms with E-state index in [1.165, 1.54) is 0 Å². The number of nitrogens with zero attached hydrogens (tertiary/aromatic N) is 4.